The topological polar surface area (TPSA) is 3.24 Å². The normalized spacial score (nSPS) is 26.0. The van der Waals surface area contributed by atoms with E-state index in [0.717, 1.165) is 6.54 Å². The van der Waals surface area contributed by atoms with Gasteiger partial charge in [0.05, 0.1) is 0 Å². The molecule has 1 aliphatic heterocycles. The monoisotopic (exact) mass is 189 g/mol. The maximum Gasteiger partial charge on any atom is 0.0463 e. The molecule has 1 aliphatic rings. The summed E-state index contributed by atoms with van der Waals surface area (Å²) in [5, 5.41) is 0.417. The summed E-state index contributed by atoms with van der Waals surface area (Å²) in [5.41, 5.74) is 0. The van der Waals surface area contributed by atoms with Gasteiger partial charge in [0.1, 0.15) is 0 Å². The van der Waals surface area contributed by atoms with Crippen LogP contribution in [0, 0.1) is 0 Å². The minimum Gasteiger partial charge on any atom is -0.302 e. The molecule has 0 spiro atoms. The van der Waals surface area contributed by atoms with Gasteiger partial charge >= 0.3 is 0 Å². The van der Waals surface area contributed by atoms with E-state index in [9.17, 15) is 0 Å². The zero-order chi connectivity index (χ0) is 8.81. The highest BCUT2D eigenvalue weighted by atomic mass is 35.5. The minimum atomic E-state index is 0.417. The zero-order valence-electron chi connectivity index (χ0n) is 8.06. The first-order valence-electron chi connectivity index (χ1n) is 5.19. The van der Waals surface area contributed by atoms with Gasteiger partial charge in [0.25, 0.3) is 0 Å². The lowest BCUT2D eigenvalue weighted by atomic mass is 10.1. The highest BCUT2D eigenvalue weighted by Crippen LogP contribution is 2.15. The van der Waals surface area contributed by atoms with Crippen LogP contribution in [0.5, 0.6) is 0 Å². The molecule has 0 radical (unpaired) electrons. The molecule has 1 unspecified atom stereocenters. The number of nitrogens with zero attached hydrogens (tertiary/aromatic N) is 1. The lowest BCUT2D eigenvalue weighted by molar-refractivity contribution is 0.228. The van der Waals surface area contributed by atoms with Crippen LogP contribution in [0.25, 0.3) is 0 Å². The average molecular weight is 190 g/mol. The fourth-order valence-corrected chi connectivity index (χ4v) is 2.14. The molecule has 0 aromatic rings. The number of rotatable bonds is 4. The van der Waals surface area contributed by atoms with Crippen LogP contribution in [-0.2, 0) is 0 Å². The number of hydrogen-bond acceptors (Lipinski definition) is 1. The number of halogens is 1. The van der Waals surface area contributed by atoms with E-state index in [0.29, 0.717) is 5.38 Å². The minimum absolute atomic E-state index is 0.417. The third kappa shape index (κ3) is 3.77. The molecule has 0 amide bonds. The van der Waals surface area contributed by atoms with Crippen molar-refractivity contribution in [1.29, 1.82) is 0 Å². The first-order valence-corrected chi connectivity index (χ1v) is 5.63. The summed E-state index contributed by atoms with van der Waals surface area (Å²) in [4.78, 5) is 2.51. The van der Waals surface area contributed by atoms with Gasteiger partial charge in [0, 0.05) is 11.9 Å². The van der Waals surface area contributed by atoms with E-state index in [-0.39, 0.29) is 0 Å². The van der Waals surface area contributed by atoms with Crippen LogP contribution in [0.1, 0.15) is 39.0 Å². The van der Waals surface area contributed by atoms with E-state index in [1.807, 2.05) is 0 Å². The Bertz CT molecular complexity index is 116. The fraction of sp³-hybridized carbons (Fsp3) is 1.00. The molecule has 1 atom stereocenters. The Morgan fingerprint density at radius 1 is 1.42 bits per heavy atom. The Labute approximate surface area is 81.1 Å². The molecule has 1 fully saturated rings. The van der Waals surface area contributed by atoms with Gasteiger partial charge in [0.2, 0.25) is 0 Å². The molecule has 1 heterocycles. The van der Waals surface area contributed by atoms with Gasteiger partial charge in [0.15, 0.2) is 0 Å². The predicted octanol–water partition coefficient (Wildman–Crippen LogP) is 2.88. The zero-order valence-corrected chi connectivity index (χ0v) is 8.82. The molecule has 1 nitrogen and oxygen atoms in total. The van der Waals surface area contributed by atoms with Crippen LogP contribution >= 0.6 is 11.6 Å². The van der Waals surface area contributed by atoms with E-state index in [2.05, 4.69) is 11.8 Å². The Kier molecular flexibility index (Phi) is 5.01. The Balaban J connectivity index is 2.06. The average Bonchev–Trinajstić information content (AvgIpc) is 2.05. The number of hydrogen-bond donors (Lipinski definition) is 0. The van der Waals surface area contributed by atoms with Gasteiger partial charge in [-0.05, 0) is 32.4 Å². The van der Waals surface area contributed by atoms with E-state index in [4.69, 9.17) is 11.6 Å². The van der Waals surface area contributed by atoms with Crippen molar-refractivity contribution in [2.75, 3.05) is 19.6 Å². The van der Waals surface area contributed by atoms with E-state index in [1.165, 1.54) is 45.2 Å². The van der Waals surface area contributed by atoms with Crippen molar-refractivity contribution in [3.8, 4) is 0 Å². The number of likely N-dealkylation sites (tertiary alicyclic amines) is 1. The van der Waals surface area contributed by atoms with Gasteiger partial charge in [-0.1, -0.05) is 19.8 Å². The molecule has 12 heavy (non-hydrogen) atoms. The van der Waals surface area contributed by atoms with Crippen LogP contribution in [0.4, 0.5) is 0 Å². The molecular weight excluding hydrogens is 170 g/mol. The van der Waals surface area contributed by atoms with E-state index >= 15 is 0 Å². The summed E-state index contributed by atoms with van der Waals surface area (Å²) in [6, 6.07) is 0. The molecule has 1 saturated heterocycles. The van der Waals surface area contributed by atoms with Gasteiger partial charge in [-0.2, -0.15) is 0 Å². The third-order valence-electron chi connectivity index (χ3n) is 2.53. The highest BCUT2D eigenvalue weighted by molar-refractivity contribution is 6.20. The summed E-state index contributed by atoms with van der Waals surface area (Å²) in [5.74, 6) is 0. The second-order valence-corrected chi connectivity index (χ2v) is 4.36. The first kappa shape index (κ1) is 10.3. The van der Waals surface area contributed by atoms with Crippen molar-refractivity contribution < 1.29 is 0 Å². The summed E-state index contributed by atoms with van der Waals surface area (Å²) in [7, 11) is 0. The Morgan fingerprint density at radius 3 is 2.92 bits per heavy atom. The number of unbranched alkanes of at least 4 members (excludes halogenated alkanes) is 2. The van der Waals surface area contributed by atoms with Crippen LogP contribution in [0.15, 0.2) is 0 Å². The van der Waals surface area contributed by atoms with Crippen LogP contribution in [0.2, 0.25) is 0 Å². The van der Waals surface area contributed by atoms with Gasteiger partial charge < -0.3 is 4.90 Å². The summed E-state index contributed by atoms with van der Waals surface area (Å²) < 4.78 is 0. The molecular formula is C10H20ClN. The first-order chi connectivity index (χ1) is 5.83. The van der Waals surface area contributed by atoms with Crippen molar-refractivity contribution in [2.24, 2.45) is 0 Å². The molecule has 72 valence electrons. The molecule has 0 saturated carbocycles. The smallest absolute Gasteiger partial charge is 0.0463 e. The molecule has 0 bridgehead atoms. The van der Waals surface area contributed by atoms with Crippen LogP contribution in [0.3, 0.4) is 0 Å². The number of alkyl halides is 1. The van der Waals surface area contributed by atoms with Crippen molar-refractivity contribution in [1.82, 2.24) is 4.90 Å². The Hall–Kier alpha value is 0.250. The standard InChI is InChI=1S/C10H20ClN/c1-2-3-4-7-12-8-5-6-10(11)9-12/h10H,2-9H2,1H3. The lowest BCUT2D eigenvalue weighted by Crippen LogP contribution is -2.36. The lowest BCUT2D eigenvalue weighted by Gasteiger charge is -2.29. The summed E-state index contributed by atoms with van der Waals surface area (Å²) in [6.07, 6.45) is 6.54. The van der Waals surface area contributed by atoms with Crippen molar-refractivity contribution in [2.45, 2.75) is 44.4 Å². The second-order valence-electron chi connectivity index (χ2n) is 3.75. The highest BCUT2D eigenvalue weighted by Gasteiger charge is 2.16. The van der Waals surface area contributed by atoms with Crippen molar-refractivity contribution in [3.05, 3.63) is 0 Å². The summed E-state index contributed by atoms with van der Waals surface area (Å²) in [6.45, 7) is 5.90. The largest absolute Gasteiger partial charge is 0.302 e. The molecule has 1 rings (SSSR count). The molecule has 0 N–H and O–H groups in total. The molecule has 0 aliphatic carbocycles. The van der Waals surface area contributed by atoms with Gasteiger partial charge in [-0.15, -0.1) is 11.6 Å². The SMILES string of the molecule is CCCCCN1CCCC(Cl)C1. The van der Waals surface area contributed by atoms with E-state index in [1.54, 1.807) is 0 Å². The van der Waals surface area contributed by atoms with Gasteiger partial charge in [-0.3, -0.25) is 0 Å². The second kappa shape index (κ2) is 5.82. The molecule has 2 heteroatoms. The van der Waals surface area contributed by atoms with Gasteiger partial charge in [-0.25, -0.2) is 0 Å². The third-order valence-corrected chi connectivity index (χ3v) is 2.88. The van der Waals surface area contributed by atoms with Crippen molar-refractivity contribution in [3.63, 3.8) is 0 Å². The fourth-order valence-electron chi connectivity index (χ4n) is 1.79. The predicted molar refractivity (Wildman–Crippen MR) is 54.8 cm³/mol. The van der Waals surface area contributed by atoms with Crippen molar-refractivity contribution >= 4 is 11.6 Å². The number of piperidine rings is 1. The molecule has 0 aromatic carbocycles. The maximum absolute atomic E-state index is 6.08. The van der Waals surface area contributed by atoms with E-state index < -0.39 is 0 Å². The Morgan fingerprint density at radius 2 is 2.25 bits per heavy atom. The quantitative estimate of drug-likeness (QED) is 0.486. The molecule has 0 aromatic heterocycles. The van der Waals surface area contributed by atoms with Crippen LogP contribution < -0.4 is 0 Å². The van der Waals surface area contributed by atoms with Crippen LogP contribution in [-0.4, -0.2) is 29.9 Å². The summed E-state index contributed by atoms with van der Waals surface area (Å²) >= 11 is 6.08. The maximum atomic E-state index is 6.08.